The fraction of sp³-hybridized carbons (Fsp3) is 0.391. The number of hydrogen-bond acceptors (Lipinski definition) is 5. The third-order valence-corrected chi connectivity index (χ3v) is 5.92. The van der Waals surface area contributed by atoms with Crippen LogP contribution in [0.15, 0.2) is 53.9 Å². The lowest BCUT2D eigenvalue weighted by atomic mass is 9.94. The molecule has 0 fully saturated rings. The van der Waals surface area contributed by atoms with Gasteiger partial charge in [0.05, 0.1) is 18.2 Å². The van der Waals surface area contributed by atoms with Gasteiger partial charge in [0.1, 0.15) is 5.75 Å². The minimum atomic E-state index is -3.05. The highest BCUT2D eigenvalue weighted by molar-refractivity contribution is 5.95. The molecular formula is C23H26F2N4O4. The van der Waals surface area contributed by atoms with Crippen LogP contribution in [0.3, 0.4) is 0 Å². The normalized spacial score (nSPS) is 20.8. The van der Waals surface area contributed by atoms with Crippen LogP contribution in [0.1, 0.15) is 37.2 Å². The number of amides is 2. The Balaban J connectivity index is 1.74. The Hall–Kier alpha value is -3.40. The third-order valence-electron chi connectivity index (χ3n) is 5.92. The Morgan fingerprint density at radius 1 is 1.21 bits per heavy atom. The fourth-order valence-electron chi connectivity index (χ4n) is 4.39. The highest BCUT2D eigenvalue weighted by atomic mass is 19.3. The Morgan fingerprint density at radius 2 is 2.00 bits per heavy atom. The molecule has 176 valence electrons. The molecule has 2 atom stereocenters. The predicted octanol–water partition coefficient (Wildman–Crippen LogP) is 3.34. The van der Waals surface area contributed by atoms with E-state index in [-0.39, 0.29) is 36.1 Å². The number of nitrogens with one attached hydrogen (secondary N) is 2. The SMILES string of the molecule is CCOC(=O)C1=C(CN2CCn3cccc3[C@H]2C)NC(=O)N[C@H]1c1ccccc1OC(F)F. The number of benzene rings is 1. The summed E-state index contributed by atoms with van der Waals surface area (Å²) in [6, 6.07) is 8.62. The van der Waals surface area contributed by atoms with E-state index in [0.29, 0.717) is 12.2 Å². The first-order chi connectivity index (χ1) is 15.9. The second-order valence-electron chi connectivity index (χ2n) is 7.83. The highest BCUT2D eigenvalue weighted by Gasteiger charge is 2.37. The van der Waals surface area contributed by atoms with Gasteiger partial charge in [-0.05, 0) is 32.0 Å². The second kappa shape index (κ2) is 9.62. The Labute approximate surface area is 190 Å². The molecule has 2 aliphatic heterocycles. The summed E-state index contributed by atoms with van der Waals surface area (Å²) < 4.78 is 38.1. The average molecular weight is 460 g/mol. The Morgan fingerprint density at radius 3 is 2.76 bits per heavy atom. The summed E-state index contributed by atoms with van der Waals surface area (Å²) in [5.74, 6) is -0.755. The number of para-hydroxylation sites is 1. The van der Waals surface area contributed by atoms with Gasteiger partial charge in [0, 0.05) is 48.8 Å². The van der Waals surface area contributed by atoms with Gasteiger partial charge in [0.25, 0.3) is 0 Å². The Kier molecular flexibility index (Phi) is 6.64. The summed E-state index contributed by atoms with van der Waals surface area (Å²) in [5.41, 5.74) is 1.91. The van der Waals surface area contributed by atoms with Gasteiger partial charge in [-0.25, -0.2) is 9.59 Å². The number of rotatable bonds is 7. The van der Waals surface area contributed by atoms with E-state index in [9.17, 15) is 18.4 Å². The molecule has 2 aromatic rings. The van der Waals surface area contributed by atoms with Crippen LogP contribution < -0.4 is 15.4 Å². The number of nitrogens with zero attached hydrogens (tertiary/aromatic N) is 2. The van der Waals surface area contributed by atoms with Crippen molar-refractivity contribution in [2.24, 2.45) is 0 Å². The van der Waals surface area contributed by atoms with Crippen molar-refractivity contribution in [3.05, 3.63) is 65.1 Å². The van der Waals surface area contributed by atoms with Crippen molar-refractivity contribution in [2.45, 2.75) is 39.1 Å². The van der Waals surface area contributed by atoms with Crippen molar-refractivity contribution >= 4 is 12.0 Å². The number of halogens is 2. The summed E-state index contributed by atoms with van der Waals surface area (Å²) >= 11 is 0. The van der Waals surface area contributed by atoms with Crippen LogP contribution in [-0.2, 0) is 16.1 Å². The number of carbonyl (C=O) groups excluding carboxylic acids is 2. The molecular weight excluding hydrogens is 434 g/mol. The lowest BCUT2D eigenvalue weighted by Crippen LogP contribution is -2.49. The van der Waals surface area contributed by atoms with Crippen molar-refractivity contribution < 1.29 is 27.8 Å². The first kappa shape index (κ1) is 22.8. The smallest absolute Gasteiger partial charge is 0.387 e. The molecule has 2 amide bonds. The molecule has 2 aliphatic rings. The van der Waals surface area contributed by atoms with E-state index in [1.807, 2.05) is 18.3 Å². The summed E-state index contributed by atoms with van der Waals surface area (Å²) in [6.07, 6.45) is 2.02. The molecule has 3 heterocycles. The van der Waals surface area contributed by atoms with Crippen LogP contribution in [0.25, 0.3) is 0 Å². The summed E-state index contributed by atoms with van der Waals surface area (Å²) in [4.78, 5) is 27.8. The number of ether oxygens (including phenoxy) is 2. The molecule has 0 saturated heterocycles. The van der Waals surface area contributed by atoms with Crippen LogP contribution >= 0.6 is 0 Å². The van der Waals surface area contributed by atoms with E-state index in [1.165, 1.54) is 6.07 Å². The van der Waals surface area contributed by atoms with Gasteiger partial charge in [0.2, 0.25) is 0 Å². The molecule has 4 rings (SSSR count). The number of aromatic nitrogens is 1. The largest absolute Gasteiger partial charge is 0.463 e. The molecule has 0 spiro atoms. The quantitative estimate of drug-likeness (QED) is 0.620. The number of hydrogen-bond donors (Lipinski definition) is 2. The van der Waals surface area contributed by atoms with Crippen LogP contribution in [-0.4, -0.2) is 47.8 Å². The van der Waals surface area contributed by atoms with Crippen LogP contribution in [0, 0.1) is 0 Å². The lowest BCUT2D eigenvalue weighted by Gasteiger charge is -2.37. The van der Waals surface area contributed by atoms with E-state index < -0.39 is 24.7 Å². The molecule has 1 aromatic heterocycles. The van der Waals surface area contributed by atoms with Gasteiger partial charge in [-0.3, -0.25) is 4.90 Å². The Bertz CT molecular complexity index is 1070. The standard InChI is InChI=1S/C23H26F2N4O4/c1-3-32-21(30)19-16(13-29-12-11-28-10-6-8-17(28)14(29)2)26-23(31)27-20(19)15-7-4-5-9-18(15)33-22(24)25/h4-10,14,20,22H,3,11-13H2,1-2H3,(H2,26,27,31)/t14-,20+/m1/s1. The van der Waals surface area contributed by atoms with Crippen LogP contribution in [0.5, 0.6) is 5.75 Å². The molecule has 0 unspecified atom stereocenters. The maximum atomic E-state index is 13.0. The van der Waals surface area contributed by atoms with E-state index in [0.717, 1.165) is 12.2 Å². The molecule has 0 bridgehead atoms. The van der Waals surface area contributed by atoms with Gasteiger partial charge in [-0.15, -0.1) is 0 Å². The molecule has 1 aromatic carbocycles. The van der Waals surface area contributed by atoms with Gasteiger partial charge in [-0.1, -0.05) is 18.2 Å². The van der Waals surface area contributed by atoms with Gasteiger partial charge in [-0.2, -0.15) is 8.78 Å². The third kappa shape index (κ3) is 4.70. The number of carbonyl (C=O) groups is 2. The molecule has 33 heavy (non-hydrogen) atoms. The average Bonchev–Trinajstić information content (AvgIpc) is 3.25. The zero-order chi connectivity index (χ0) is 23.5. The van der Waals surface area contributed by atoms with Gasteiger partial charge >= 0.3 is 18.6 Å². The van der Waals surface area contributed by atoms with E-state index in [2.05, 4.69) is 31.8 Å². The minimum absolute atomic E-state index is 0.0457. The summed E-state index contributed by atoms with van der Waals surface area (Å²) in [5, 5.41) is 5.41. The second-order valence-corrected chi connectivity index (χ2v) is 7.83. The maximum Gasteiger partial charge on any atom is 0.387 e. The van der Waals surface area contributed by atoms with Crippen molar-refractivity contribution in [3.63, 3.8) is 0 Å². The monoisotopic (exact) mass is 460 g/mol. The zero-order valence-corrected chi connectivity index (χ0v) is 18.4. The van der Waals surface area contributed by atoms with Gasteiger partial charge < -0.3 is 24.7 Å². The molecule has 0 radical (unpaired) electrons. The molecule has 10 heteroatoms. The summed E-state index contributed by atoms with van der Waals surface area (Å²) in [7, 11) is 0. The number of alkyl halides is 2. The minimum Gasteiger partial charge on any atom is -0.463 e. The topological polar surface area (TPSA) is 84.8 Å². The number of urea groups is 1. The highest BCUT2D eigenvalue weighted by Crippen LogP contribution is 2.35. The zero-order valence-electron chi connectivity index (χ0n) is 18.4. The number of fused-ring (bicyclic) bond motifs is 1. The predicted molar refractivity (Wildman–Crippen MR) is 116 cm³/mol. The molecule has 0 aliphatic carbocycles. The molecule has 0 saturated carbocycles. The maximum absolute atomic E-state index is 13.0. The van der Waals surface area contributed by atoms with E-state index in [1.54, 1.807) is 25.1 Å². The van der Waals surface area contributed by atoms with E-state index >= 15 is 0 Å². The van der Waals surface area contributed by atoms with Crippen molar-refractivity contribution in [1.82, 2.24) is 20.1 Å². The fourth-order valence-corrected chi connectivity index (χ4v) is 4.39. The lowest BCUT2D eigenvalue weighted by molar-refractivity contribution is -0.139. The van der Waals surface area contributed by atoms with E-state index in [4.69, 9.17) is 4.74 Å². The van der Waals surface area contributed by atoms with Crippen molar-refractivity contribution in [3.8, 4) is 5.75 Å². The molecule has 2 N–H and O–H groups in total. The van der Waals surface area contributed by atoms with Crippen molar-refractivity contribution in [2.75, 3.05) is 19.7 Å². The first-order valence-corrected chi connectivity index (χ1v) is 10.8. The van der Waals surface area contributed by atoms with Crippen molar-refractivity contribution in [1.29, 1.82) is 0 Å². The summed E-state index contributed by atoms with van der Waals surface area (Å²) in [6.45, 7) is 2.57. The first-order valence-electron chi connectivity index (χ1n) is 10.8. The van der Waals surface area contributed by atoms with Gasteiger partial charge in [0.15, 0.2) is 0 Å². The van der Waals surface area contributed by atoms with Crippen LogP contribution in [0.2, 0.25) is 0 Å². The van der Waals surface area contributed by atoms with Crippen LogP contribution in [0.4, 0.5) is 13.6 Å². The molecule has 8 nitrogen and oxygen atoms in total. The number of esters is 1.